The molecule has 1 aromatic heterocycles. The summed E-state index contributed by atoms with van der Waals surface area (Å²) in [6, 6.07) is 1.59. The van der Waals surface area contributed by atoms with E-state index in [9.17, 15) is 17.6 Å². The highest BCUT2D eigenvalue weighted by molar-refractivity contribution is 5.56. The smallest absolute Gasteiger partial charge is 0.417 e. The Morgan fingerprint density at radius 1 is 1.24 bits per heavy atom. The first-order chi connectivity index (χ1) is 20.0. The molecule has 5 atom stereocenters. The lowest BCUT2D eigenvalue weighted by molar-refractivity contribution is -0.140. The lowest BCUT2D eigenvalue weighted by atomic mass is 9.90. The summed E-state index contributed by atoms with van der Waals surface area (Å²) in [5.41, 5.74) is 4.29. The number of aromatic nitrogens is 2. The number of nitrogens with two attached hydrogens (primary N) is 1. The molecule has 0 amide bonds. The van der Waals surface area contributed by atoms with E-state index in [4.69, 9.17) is 20.2 Å². The van der Waals surface area contributed by atoms with Crippen LogP contribution in [0.25, 0.3) is 0 Å². The number of hydrogen-bond acceptors (Lipinski definition) is 8. The van der Waals surface area contributed by atoms with E-state index < -0.39 is 40.9 Å². The van der Waals surface area contributed by atoms with Crippen LogP contribution in [0.2, 0.25) is 0 Å². The summed E-state index contributed by atoms with van der Waals surface area (Å²) in [5.74, 6) is -0.491. The van der Waals surface area contributed by atoms with E-state index in [1.165, 1.54) is 6.92 Å². The van der Waals surface area contributed by atoms with Crippen molar-refractivity contribution >= 4 is 11.5 Å². The quantitative estimate of drug-likeness (QED) is 0.393. The van der Waals surface area contributed by atoms with Crippen molar-refractivity contribution in [2.24, 2.45) is 0 Å². The number of ether oxygens (including phenoxy) is 2. The predicted octanol–water partition coefficient (Wildman–Crippen LogP) is 4.23. The van der Waals surface area contributed by atoms with Crippen molar-refractivity contribution < 1.29 is 31.4 Å². The lowest BCUT2D eigenvalue weighted by Gasteiger charge is -2.47. The monoisotopic (exact) mass is 594 g/mol. The van der Waals surface area contributed by atoms with Gasteiger partial charge in [-0.25, -0.2) is 8.78 Å². The summed E-state index contributed by atoms with van der Waals surface area (Å²) in [7, 11) is 0. The summed E-state index contributed by atoms with van der Waals surface area (Å²) >= 11 is 0. The number of anilines is 2. The van der Waals surface area contributed by atoms with Crippen molar-refractivity contribution in [2.75, 3.05) is 43.4 Å². The fourth-order valence-corrected chi connectivity index (χ4v) is 7.86. The van der Waals surface area contributed by atoms with Crippen molar-refractivity contribution in [1.82, 2.24) is 20.2 Å². The second-order valence-corrected chi connectivity index (χ2v) is 12.5. The molecule has 2 aromatic rings. The molecule has 8 rings (SSSR count). The SMILES string of the molecule is Cc1cc(N)c(F)c(C2Cc3nc(OC[C@@]45CCCN4C[C@H](F)C5)nc(N4CC5CCC4CN5)c3CO2)c1C(F)(F)F. The maximum absolute atomic E-state index is 15.3. The Labute approximate surface area is 240 Å². The molecule has 6 aliphatic heterocycles. The number of piperazine rings is 1. The van der Waals surface area contributed by atoms with Crippen LogP contribution in [0.15, 0.2) is 6.07 Å². The van der Waals surface area contributed by atoms with Crippen molar-refractivity contribution in [1.29, 1.82) is 0 Å². The minimum Gasteiger partial charge on any atom is -0.461 e. The Hall–Kier alpha value is -2.77. The summed E-state index contributed by atoms with van der Waals surface area (Å²) < 4.78 is 84.4. The average Bonchev–Trinajstić information content (AvgIpc) is 3.48. The zero-order chi connectivity index (χ0) is 29.4. The number of benzene rings is 1. The molecule has 0 radical (unpaired) electrons. The molecule has 0 spiro atoms. The van der Waals surface area contributed by atoms with Gasteiger partial charge in [0.05, 0.1) is 35.2 Å². The van der Waals surface area contributed by atoms with Gasteiger partial charge in [0.1, 0.15) is 18.6 Å². The minimum absolute atomic E-state index is 0.0806. The van der Waals surface area contributed by atoms with Crippen LogP contribution >= 0.6 is 0 Å². The highest BCUT2D eigenvalue weighted by Gasteiger charge is 2.50. The average molecular weight is 595 g/mol. The number of rotatable bonds is 5. The number of alkyl halides is 4. The Morgan fingerprint density at radius 2 is 2.07 bits per heavy atom. The molecular weight excluding hydrogens is 559 g/mol. The van der Waals surface area contributed by atoms with Gasteiger partial charge < -0.3 is 25.4 Å². The zero-order valence-corrected chi connectivity index (χ0v) is 23.4. The number of nitrogen functional groups attached to an aromatic ring is 1. The molecule has 5 saturated heterocycles. The topological polar surface area (TPSA) is 88.8 Å². The van der Waals surface area contributed by atoms with Crippen molar-refractivity contribution in [2.45, 2.75) is 88.1 Å². The van der Waals surface area contributed by atoms with Gasteiger partial charge in [-0.1, -0.05) is 0 Å². The van der Waals surface area contributed by atoms with E-state index in [0.29, 0.717) is 36.1 Å². The van der Waals surface area contributed by atoms with E-state index >= 15 is 4.39 Å². The van der Waals surface area contributed by atoms with Gasteiger partial charge in [0, 0.05) is 55.7 Å². The van der Waals surface area contributed by atoms with E-state index in [-0.39, 0.29) is 42.9 Å². The second-order valence-electron chi connectivity index (χ2n) is 12.5. The van der Waals surface area contributed by atoms with Gasteiger partial charge in [-0.3, -0.25) is 4.90 Å². The molecule has 7 heterocycles. The summed E-state index contributed by atoms with van der Waals surface area (Å²) in [4.78, 5) is 13.8. The van der Waals surface area contributed by atoms with Gasteiger partial charge in [-0.05, 0) is 50.8 Å². The van der Waals surface area contributed by atoms with Gasteiger partial charge in [-0.2, -0.15) is 23.1 Å². The van der Waals surface area contributed by atoms with Gasteiger partial charge in [0.2, 0.25) is 0 Å². The molecule has 228 valence electrons. The van der Waals surface area contributed by atoms with Crippen LogP contribution in [0.1, 0.15) is 66.2 Å². The molecular formula is C29H35F5N6O2. The van der Waals surface area contributed by atoms with Crippen molar-refractivity contribution in [3.05, 3.63) is 39.8 Å². The summed E-state index contributed by atoms with van der Waals surface area (Å²) in [6.45, 7) is 4.12. The van der Waals surface area contributed by atoms with Crippen LogP contribution in [0, 0.1) is 12.7 Å². The molecule has 13 heteroatoms. The van der Waals surface area contributed by atoms with Crippen LogP contribution in [0.3, 0.4) is 0 Å². The van der Waals surface area contributed by atoms with Gasteiger partial charge in [-0.15, -0.1) is 0 Å². The molecule has 0 saturated carbocycles. The maximum atomic E-state index is 15.3. The highest BCUT2D eigenvalue weighted by Crippen LogP contribution is 2.45. The molecule has 6 aliphatic rings. The molecule has 5 fully saturated rings. The number of nitrogens with zero attached hydrogens (tertiary/aromatic N) is 4. The molecule has 0 aliphatic carbocycles. The first-order valence-electron chi connectivity index (χ1n) is 14.7. The molecule has 3 N–H and O–H groups in total. The van der Waals surface area contributed by atoms with E-state index in [0.717, 1.165) is 51.4 Å². The molecule has 3 unspecified atom stereocenters. The number of aryl methyl sites for hydroxylation is 1. The van der Waals surface area contributed by atoms with Crippen LogP contribution in [-0.4, -0.2) is 71.4 Å². The fourth-order valence-electron chi connectivity index (χ4n) is 7.86. The standard InChI is InChI=1S/C29H35F5N6O2/c1-15-7-20(35)25(31)23(24(15)29(32,33)34)22-8-21-19(13-41-22)26(40-12-17-3-4-18(40)10-36-17)38-27(37-21)42-14-28-5-2-6-39(28)11-16(30)9-28/h7,16-18,22,36H,2-6,8-14,35H2,1H3/t16-,17?,18?,22?,28+/m1/s1. The van der Waals surface area contributed by atoms with E-state index in [1.807, 2.05) is 0 Å². The zero-order valence-electron chi connectivity index (χ0n) is 23.4. The Bertz CT molecular complexity index is 1380. The number of fused-ring (bicyclic) bond motifs is 5. The van der Waals surface area contributed by atoms with Crippen LogP contribution in [-0.2, 0) is 23.9 Å². The van der Waals surface area contributed by atoms with Gasteiger partial charge >= 0.3 is 12.2 Å². The number of piperidine rings is 2. The molecule has 42 heavy (non-hydrogen) atoms. The predicted molar refractivity (Wildman–Crippen MR) is 145 cm³/mol. The van der Waals surface area contributed by atoms with Crippen LogP contribution < -0.4 is 20.7 Å². The fraction of sp³-hybridized carbons (Fsp3) is 0.655. The minimum atomic E-state index is -4.80. The molecule has 1 aromatic carbocycles. The Balaban J connectivity index is 1.26. The van der Waals surface area contributed by atoms with Crippen LogP contribution in [0.4, 0.5) is 33.5 Å². The third kappa shape index (κ3) is 4.68. The van der Waals surface area contributed by atoms with Crippen molar-refractivity contribution in [3.63, 3.8) is 0 Å². The molecule has 8 nitrogen and oxygen atoms in total. The molecule has 2 bridgehead atoms. The van der Waals surface area contributed by atoms with Crippen molar-refractivity contribution in [3.8, 4) is 6.01 Å². The second kappa shape index (κ2) is 10.2. The number of nitrogens with one attached hydrogen (secondary N) is 1. The Kier molecular flexibility index (Phi) is 6.78. The van der Waals surface area contributed by atoms with E-state index in [1.54, 1.807) is 0 Å². The van der Waals surface area contributed by atoms with Crippen LogP contribution in [0.5, 0.6) is 6.01 Å². The van der Waals surface area contributed by atoms with E-state index in [2.05, 4.69) is 20.1 Å². The highest BCUT2D eigenvalue weighted by atomic mass is 19.4. The third-order valence-corrected chi connectivity index (χ3v) is 9.84. The number of halogens is 5. The number of hydrogen-bond donors (Lipinski definition) is 2. The van der Waals surface area contributed by atoms with Gasteiger partial charge in [0.15, 0.2) is 5.82 Å². The largest absolute Gasteiger partial charge is 0.461 e. The summed E-state index contributed by atoms with van der Waals surface area (Å²) in [6.07, 6.45) is -2.88. The maximum Gasteiger partial charge on any atom is 0.417 e. The summed E-state index contributed by atoms with van der Waals surface area (Å²) in [5, 5.41) is 3.52. The first-order valence-corrected chi connectivity index (χ1v) is 14.7. The van der Waals surface area contributed by atoms with Gasteiger partial charge in [0.25, 0.3) is 0 Å². The Morgan fingerprint density at radius 3 is 2.79 bits per heavy atom. The normalized spacial score (nSPS) is 31.0. The third-order valence-electron chi connectivity index (χ3n) is 9.84. The lowest BCUT2D eigenvalue weighted by Crippen LogP contribution is -2.61. The first kappa shape index (κ1) is 28.0.